The Kier molecular flexibility index (Phi) is 4.15. The molecule has 0 heterocycles. The van der Waals surface area contributed by atoms with E-state index in [-0.39, 0.29) is 11.7 Å². The van der Waals surface area contributed by atoms with Gasteiger partial charge in [0, 0.05) is 0 Å². The molecule has 0 fully saturated rings. The molecular formula is C11H13BrO3. The molecule has 1 unspecified atom stereocenters. The highest BCUT2D eigenvalue weighted by Crippen LogP contribution is 2.27. The molecular weight excluding hydrogens is 260 g/mol. The fourth-order valence-electron chi connectivity index (χ4n) is 1.03. The van der Waals surface area contributed by atoms with Gasteiger partial charge in [-0.3, -0.25) is 0 Å². The third kappa shape index (κ3) is 3.23. The quantitative estimate of drug-likeness (QED) is 0.915. The first-order valence-electron chi connectivity index (χ1n) is 4.74. The summed E-state index contributed by atoms with van der Waals surface area (Å²) in [6.07, 6.45) is 0.953. The zero-order valence-corrected chi connectivity index (χ0v) is 10.2. The van der Waals surface area contributed by atoms with Crippen molar-refractivity contribution in [2.24, 2.45) is 0 Å². The van der Waals surface area contributed by atoms with Gasteiger partial charge in [0.1, 0.15) is 5.75 Å². The van der Waals surface area contributed by atoms with Crippen LogP contribution in [0.1, 0.15) is 30.6 Å². The highest BCUT2D eigenvalue weighted by molar-refractivity contribution is 9.10. The molecule has 4 heteroatoms. The Balaban J connectivity index is 2.95. The van der Waals surface area contributed by atoms with Crippen LogP contribution in [0.5, 0.6) is 5.75 Å². The maximum Gasteiger partial charge on any atom is 0.335 e. The van der Waals surface area contributed by atoms with Crippen molar-refractivity contribution >= 4 is 21.9 Å². The second-order valence-corrected chi connectivity index (χ2v) is 4.14. The number of aromatic carboxylic acids is 1. The molecule has 0 spiro atoms. The summed E-state index contributed by atoms with van der Waals surface area (Å²) in [5, 5.41) is 8.82. The molecule has 0 radical (unpaired) electrons. The van der Waals surface area contributed by atoms with Crippen LogP contribution in [0.25, 0.3) is 0 Å². The lowest BCUT2D eigenvalue weighted by molar-refractivity contribution is 0.0696. The SMILES string of the molecule is CCC(C)Oc1cc(C(=O)O)ccc1Br. The van der Waals surface area contributed by atoms with Gasteiger partial charge in [0.05, 0.1) is 16.1 Å². The van der Waals surface area contributed by atoms with E-state index in [1.54, 1.807) is 6.07 Å². The van der Waals surface area contributed by atoms with Crippen molar-refractivity contribution in [1.29, 1.82) is 0 Å². The fourth-order valence-corrected chi connectivity index (χ4v) is 1.37. The van der Waals surface area contributed by atoms with Crippen molar-refractivity contribution in [3.05, 3.63) is 28.2 Å². The molecule has 15 heavy (non-hydrogen) atoms. The van der Waals surface area contributed by atoms with Gasteiger partial charge in [-0.2, -0.15) is 0 Å². The summed E-state index contributed by atoms with van der Waals surface area (Å²) < 4.78 is 6.35. The van der Waals surface area contributed by atoms with Crippen LogP contribution in [0.15, 0.2) is 22.7 Å². The molecule has 0 amide bonds. The first-order chi connectivity index (χ1) is 7.04. The lowest BCUT2D eigenvalue weighted by atomic mass is 10.2. The van der Waals surface area contributed by atoms with Crippen LogP contribution in [0.2, 0.25) is 0 Å². The minimum absolute atomic E-state index is 0.0744. The molecule has 1 aromatic carbocycles. The van der Waals surface area contributed by atoms with Gasteiger partial charge in [-0.25, -0.2) is 4.79 Å². The Labute approximate surface area is 97.2 Å². The van der Waals surface area contributed by atoms with E-state index in [2.05, 4.69) is 15.9 Å². The number of carbonyl (C=O) groups is 1. The van der Waals surface area contributed by atoms with Crippen LogP contribution in [0.3, 0.4) is 0 Å². The van der Waals surface area contributed by atoms with E-state index in [4.69, 9.17) is 9.84 Å². The van der Waals surface area contributed by atoms with Crippen molar-refractivity contribution in [3.63, 3.8) is 0 Å². The molecule has 0 aliphatic heterocycles. The summed E-state index contributed by atoms with van der Waals surface area (Å²) >= 11 is 3.32. The summed E-state index contributed by atoms with van der Waals surface area (Å²) in [6.45, 7) is 3.96. The molecule has 0 aliphatic rings. The molecule has 0 aliphatic carbocycles. The van der Waals surface area contributed by atoms with Crippen LogP contribution in [0, 0.1) is 0 Å². The van der Waals surface area contributed by atoms with Gasteiger partial charge in [-0.05, 0) is 47.5 Å². The van der Waals surface area contributed by atoms with E-state index in [1.807, 2.05) is 13.8 Å². The number of hydrogen-bond donors (Lipinski definition) is 1. The number of ether oxygens (including phenoxy) is 1. The molecule has 0 bridgehead atoms. The van der Waals surface area contributed by atoms with Gasteiger partial charge in [0.2, 0.25) is 0 Å². The number of hydrogen-bond acceptors (Lipinski definition) is 2. The average molecular weight is 273 g/mol. The standard InChI is InChI=1S/C11H13BrO3/c1-3-7(2)15-10-6-8(11(13)14)4-5-9(10)12/h4-7H,3H2,1-2H3,(H,13,14). The van der Waals surface area contributed by atoms with Gasteiger partial charge in [0.25, 0.3) is 0 Å². The Morgan fingerprint density at radius 2 is 2.27 bits per heavy atom. The van der Waals surface area contributed by atoms with E-state index in [1.165, 1.54) is 12.1 Å². The Hall–Kier alpha value is -1.03. The molecule has 0 saturated carbocycles. The predicted octanol–water partition coefficient (Wildman–Crippen LogP) is 3.32. The monoisotopic (exact) mass is 272 g/mol. The zero-order chi connectivity index (χ0) is 11.4. The summed E-state index contributed by atoms with van der Waals surface area (Å²) in [5.74, 6) is -0.374. The normalized spacial score (nSPS) is 12.2. The highest BCUT2D eigenvalue weighted by atomic mass is 79.9. The average Bonchev–Trinajstić information content (AvgIpc) is 2.20. The summed E-state index contributed by atoms with van der Waals surface area (Å²) in [4.78, 5) is 10.7. The fraction of sp³-hybridized carbons (Fsp3) is 0.364. The summed E-state index contributed by atoms with van der Waals surface area (Å²) in [7, 11) is 0. The van der Waals surface area contributed by atoms with E-state index in [9.17, 15) is 4.79 Å². The van der Waals surface area contributed by atoms with Gasteiger partial charge in [0.15, 0.2) is 0 Å². The third-order valence-electron chi connectivity index (χ3n) is 2.08. The van der Waals surface area contributed by atoms with Gasteiger partial charge in [-0.1, -0.05) is 6.92 Å². The second kappa shape index (κ2) is 5.16. The maximum absolute atomic E-state index is 10.7. The Morgan fingerprint density at radius 1 is 1.60 bits per heavy atom. The predicted molar refractivity (Wildman–Crippen MR) is 61.5 cm³/mol. The maximum atomic E-state index is 10.7. The number of benzene rings is 1. The Bertz CT molecular complexity index is 363. The van der Waals surface area contributed by atoms with E-state index in [0.717, 1.165) is 10.9 Å². The number of halogens is 1. The Morgan fingerprint density at radius 3 is 2.80 bits per heavy atom. The van der Waals surface area contributed by atoms with Crippen molar-refractivity contribution in [2.75, 3.05) is 0 Å². The number of carboxylic acids is 1. The van der Waals surface area contributed by atoms with Crippen LogP contribution in [0.4, 0.5) is 0 Å². The molecule has 1 N–H and O–H groups in total. The van der Waals surface area contributed by atoms with Crippen LogP contribution in [-0.2, 0) is 0 Å². The lowest BCUT2D eigenvalue weighted by Crippen LogP contribution is -2.10. The van der Waals surface area contributed by atoms with E-state index in [0.29, 0.717) is 5.75 Å². The van der Waals surface area contributed by atoms with Crippen LogP contribution >= 0.6 is 15.9 Å². The molecule has 3 nitrogen and oxygen atoms in total. The molecule has 0 aromatic heterocycles. The third-order valence-corrected chi connectivity index (χ3v) is 2.74. The van der Waals surface area contributed by atoms with Crippen LogP contribution in [-0.4, -0.2) is 17.2 Å². The van der Waals surface area contributed by atoms with Crippen molar-refractivity contribution in [3.8, 4) is 5.75 Å². The van der Waals surface area contributed by atoms with Gasteiger partial charge >= 0.3 is 5.97 Å². The zero-order valence-electron chi connectivity index (χ0n) is 8.66. The van der Waals surface area contributed by atoms with Crippen LogP contribution < -0.4 is 4.74 Å². The number of carboxylic acid groups (broad SMARTS) is 1. The summed E-state index contributed by atoms with van der Waals surface area (Å²) in [5.41, 5.74) is 0.233. The first kappa shape index (κ1) is 12.0. The second-order valence-electron chi connectivity index (χ2n) is 3.29. The lowest BCUT2D eigenvalue weighted by Gasteiger charge is -2.14. The first-order valence-corrected chi connectivity index (χ1v) is 5.53. The molecule has 1 aromatic rings. The minimum atomic E-state index is -0.948. The smallest absolute Gasteiger partial charge is 0.335 e. The van der Waals surface area contributed by atoms with Crippen molar-refractivity contribution < 1.29 is 14.6 Å². The van der Waals surface area contributed by atoms with Crippen molar-refractivity contribution in [1.82, 2.24) is 0 Å². The molecule has 1 atom stereocenters. The van der Waals surface area contributed by atoms with Crippen molar-refractivity contribution in [2.45, 2.75) is 26.4 Å². The van der Waals surface area contributed by atoms with E-state index < -0.39 is 5.97 Å². The molecule has 82 valence electrons. The topological polar surface area (TPSA) is 46.5 Å². The number of rotatable bonds is 4. The minimum Gasteiger partial charge on any atom is -0.490 e. The van der Waals surface area contributed by atoms with E-state index >= 15 is 0 Å². The largest absolute Gasteiger partial charge is 0.490 e. The van der Waals surface area contributed by atoms with Gasteiger partial charge in [-0.15, -0.1) is 0 Å². The van der Waals surface area contributed by atoms with Gasteiger partial charge < -0.3 is 9.84 Å². The molecule has 1 rings (SSSR count). The summed E-state index contributed by atoms with van der Waals surface area (Å²) in [6, 6.07) is 4.75. The molecule has 0 saturated heterocycles. The highest BCUT2D eigenvalue weighted by Gasteiger charge is 2.09.